The minimum atomic E-state index is 0.533. The molecule has 1 heterocycles. The van der Waals surface area contributed by atoms with Gasteiger partial charge in [-0.05, 0) is 26.6 Å². The van der Waals surface area contributed by atoms with Crippen molar-refractivity contribution in [2.45, 2.75) is 13.5 Å². The van der Waals surface area contributed by atoms with E-state index >= 15 is 0 Å². The van der Waals surface area contributed by atoms with Crippen LogP contribution in [-0.4, -0.2) is 47.3 Å². The molecule has 112 valence electrons. The lowest BCUT2D eigenvalue weighted by molar-refractivity contribution is 0.425. The maximum absolute atomic E-state index is 4.39. The lowest BCUT2D eigenvalue weighted by atomic mass is 10.1. The molecule has 0 aliphatic rings. The number of hydrogen-bond donors (Lipinski definition) is 2. The zero-order valence-electron chi connectivity index (χ0n) is 12.8. The topological polar surface area (TPSA) is 66.0 Å². The second kappa shape index (κ2) is 7.54. The summed E-state index contributed by atoms with van der Waals surface area (Å²) in [6.45, 7) is 4.52. The Bertz CT molecular complexity index is 552. The molecular weight excluding hydrogens is 264 g/mol. The molecule has 21 heavy (non-hydrogen) atoms. The van der Waals surface area contributed by atoms with Crippen LogP contribution in [0.2, 0.25) is 0 Å². The summed E-state index contributed by atoms with van der Waals surface area (Å²) < 4.78 is 0. The molecular formula is C15H22N6. The number of rotatable bonds is 7. The summed E-state index contributed by atoms with van der Waals surface area (Å²) in [5.41, 5.74) is 2.44. The number of hydrogen-bond acceptors (Lipinski definition) is 6. The molecule has 2 N–H and O–H groups in total. The second-order valence-corrected chi connectivity index (χ2v) is 5.23. The van der Waals surface area contributed by atoms with Crippen LogP contribution in [0.1, 0.15) is 11.1 Å². The standard InChI is InChI=1S/C15H22N6/c1-12-4-6-13(7-5-12)10-17-15-19-14(11-18-20-15)16-8-9-21(2)3/h4-7,11H,8-10H2,1-3H3,(H2,16,17,19,20). The molecule has 0 fully saturated rings. The van der Waals surface area contributed by atoms with Crippen LogP contribution in [-0.2, 0) is 6.54 Å². The molecule has 1 aromatic heterocycles. The third-order valence-electron chi connectivity index (χ3n) is 3.00. The Morgan fingerprint density at radius 2 is 1.86 bits per heavy atom. The molecule has 0 bridgehead atoms. The number of anilines is 2. The van der Waals surface area contributed by atoms with E-state index in [4.69, 9.17) is 0 Å². The maximum Gasteiger partial charge on any atom is 0.244 e. The highest BCUT2D eigenvalue weighted by atomic mass is 15.3. The Labute approximate surface area is 125 Å². The summed E-state index contributed by atoms with van der Waals surface area (Å²) in [6, 6.07) is 8.37. The summed E-state index contributed by atoms with van der Waals surface area (Å²) >= 11 is 0. The molecule has 0 radical (unpaired) electrons. The lowest BCUT2D eigenvalue weighted by Gasteiger charge is -2.11. The van der Waals surface area contributed by atoms with Gasteiger partial charge in [0.2, 0.25) is 5.95 Å². The van der Waals surface area contributed by atoms with Crippen molar-refractivity contribution >= 4 is 11.8 Å². The van der Waals surface area contributed by atoms with Gasteiger partial charge in [-0.1, -0.05) is 29.8 Å². The molecule has 0 aliphatic carbocycles. The molecule has 0 atom stereocenters. The number of nitrogens with zero attached hydrogens (tertiary/aromatic N) is 4. The fourth-order valence-corrected chi connectivity index (χ4v) is 1.76. The summed E-state index contributed by atoms with van der Waals surface area (Å²) in [7, 11) is 4.07. The predicted octanol–water partition coefficient (Wildman–Crippen LogP) is 1.77. The summed E-state index contributed by atoms with van der Waals surface area (Å²) in [5, 5.41) is 14.4. The third-order valence-corrected chi connectivity index (χ3v) is 3.00. The molecule has 1 aromatic carbocycles. The monoisotopic (exact) mass is 286 g/mol. The zero-order chi connectivity index (χ0) is 15.1. The second-order valence-electron chi connectivity index (χ2n) is 5.23. The minimum absolute atomic E-state index is 0.533. The zero-order valence-corrected chi connectivity index (χ0v) is 12.8. The van der Waals surface area contributed by atoms with Crippen molar-refractivity contribution in [1.29, 1.82) is 0 Å². The van der Waals surface area contributed by atoms with E-state index in [-0.39, 0.29) is 0 Å². The van der Waals surface area contributed by atoms with E-state index in [0.29, 0.717) is 12.5 Å². The molecule has 2 aromatic rings. The van der Waals surface area contributed by atoms with Gasteiger partial charge in [-0.25, -0.2) is 0 Å². The van der Waals surface area contributed by atoms with Gasteiger partial charge in [0.05, 0.1) is 6.20 Å². The van der Waals surface area contributed by atoms with Crippen LogP contribution in [0.5, 0.6) is 0 Å². The predicted molar refractivity (Wildman–Crippen MR) is 85.4 cm³/mol. The average Bonchev–Trinajstić information content (AvgIpc) is 2.47. The summed E-state index contributed by atoms with van der Waals surface area (Å²) in [6.07, 6.45) is 1.63. The van der Waals surface area contributed by atoms with Crippen LogP contribution in [0.3, 0.4) is 0 Å². The van der Waals surface area contributed by atoms with Crippen molar-refractivity contribution in [2.24, 2.45) is 0 Å². The maximum atomic E-state index is 4.39. The van der Waals surface area contributed by atoms with Gasteiger partial charge in [0, 0.05) is 19.6 Å². The first-order valence-corrected chi connectivity index (χ1v) is 7.01. The Morgan fingerprint density at radius 1 is 1.10 bits per heavy atom. The molecule has 0 spiro atoms. The third kappa shape index (κ3) is 5.35. The smallest absolute Gasteiger partial charge is 0.244 e. The Balaban J connectivity index is 1.87. The fourth-order valence-electron chi connectivity index (χ4n) is 1.76. The van der Waals surface area contributed by atoms with Crippen molar-refractivity contribution in [2.75, 3.05) is 37.8 Å². The van der Waals surface area contributed by atoms with E-state index in [1.54, 1.807) is 6.20 Å². The highest BCUT2D eigenvalue weighted by Crippen LogP contribution is 2.07. The number of aromatic nitrogens is 3. The van der Waals surface area contributed by atoms with E-state index in [9.17, 15) is 0 Å². The normalized spacial score (nSPS) is 10.7. The Hall–Kier alpha value is -2.21. The average molecular weight is 286 g/mol. The molecule has 2 rings (SSSR count). The molecule has 0 unspecified atom stereocenters. The van der Waals surface area contributed by atoms with Crippen LogP contribution in [0, 0.1) is 6.92 Å². The van der Waals surface area contributed by atoms with E-state index in [1.807, 2.05) is 14.1 Å². The highest BCUT2D eigenvalue weighted by Gasteiger charge is 2.01. The van der Waals surface area contributed by atoms with Gasteiger partial charge in [-0.3, -0.25) is 0 Å². The Kier molecular flexibility index (Phi) is 5.45. The van der Waals surface area contributed by atoms with Crippen LogP contribution >= 0.6 is 0 Å². The number of benzene rings is 1. The van der Waals surface area contributed by atoms with E-state index in [1.165, 1.54) is 11.1 Å². The van der Waals surface area contributed by atoms with Gasteiger partial charge in [-0.15, -0.1) is 5.10 Å². The first-order valence-electron chi connectivity index (χ1n) is 7.01. The first kappa shape index (κ1) is 15.2. The number of likely N-dealkylation sites (N-methyl/N-ethyl adjacent to an activating group) is 1. The number of aryl methyl sites for hydroxylation is 1. The van der Waals surface area contributed by atoms with Crippen molar-refractivity contribution in [3.8, 4) is 0 Å². The first-order chi connectivity index (χ1) is 10.1. The highest BCUT2D eigenvalue weighted by molar-refractivity contribution is 5.37. The SMILES string of the molecule is Cc1ccc(CNc2nncc(NCCN(C)C)n2)cc1. The molecule has 6 heteroatoms. The van der Waals surface area contributed by atoms with Crippen molar-refractivity contribution in [1.82, 2.24) is 20.1 Å². The van der Waals surface area contributed by atoms with Gasteiger partial charge >= 0.3 is 0 Å². The van der Waals surface area contributed by atoms with Gasteiger partial charge < -0.3 is 15.5 Å². The van der Waals surface area contributed by atoms with Gasteiger partial charge in [0.25, 0.3) is 0 Å². The summed E-state index contributed by atoms with van der Waals surface area (Å²) in [4.78, 5) is 6.50. The quantitative estimate of drug-likeness (QED) is 0.808. The van der Waals surface area contributed by atoms with Crippen molar-refractivity contribution in [3.05, 3.63) is 41.6 Å². The molecule has 0 aliphatic heterocycles. The fraction of sp³-hybridized carbons (Fsp3) is 0.400. The number of nitrogens with one attached hydrogen (secondary N) is 2. The lowest BCUT2D eigenvalue weighted by Crippen LogP contribution is -2.21. The van der Waals surface area contributed by atoms with E-state index in [2.05, 4.69) is 61.9 Å². The van der Waals surface area contributed by atoms with Gasteiger partial charge in [0.15, 0.2) is 5.82 Å². The molecule has 0 saturated heterocycles. The summed E-state index contributed by atoms with van der Waals surface area (Å²) in [5.74, 6) is 1.27. The molecule has 0 amide bonds. The Morgan fingerprint density at radius 3 is 2.57 bits per heavy atom. The largest absolute Gasteiger partial charge is 0.367 e. The van der Waals surface area contributed by atoms with Crippen LogP contribution in [0.4, 0.5) is 11.8 Å². The van der Waals surface area contributed by atoms with Crippen LogP contribution in [0.25, 0.3) is 0 Å². The van der Waals surface area contributed by atoms with E-state index in [0.717, 1.165) is 18.9 Å². The van der Waals surface area contributed by atoms with Gasteiger partial charge in [0.1, 0.15) is 0 Å². The van der Waals surface area contributed by atoms with E-state index < -0.39 is 0 Å². The van der Waals surface area contributed by atoms with Crippen LogP contribution in [0.15, 0.2) is 30.5 Å². The minimum Gasteiger partial charge on any atom is -0.367 e. The van der Waals surface area contributed by atoms with Gasteiger partial charge in [-0.2, -0.15) is 10.1 Å². The molecule has 0 saturated carbocycles. The molecule has 6 nitrogen and oxygen atoms in total. The van der Waals surface area contributed by atoms with Crippen molar-refractivity contribution in [3.63, 3.8) is 0 Å². The van der Waals surface area contributed by atoms with Crippen LogP contribution < -0.4 is 10.6 Å². The van der Waals surface area contributed by atoms with Crippen molar-refractivity contribution < 1.29 is 0 Å².